The van der Waals surface area contributed by atoms with E-state index in [1.165, 1.54) is 0 Å². The molecule has 80 valence electrons. The topological polar surface area (TPSA) is 68.5 Å². The van der Waals surface area contributed by atoms with Crippen molar-refractivity contribution in [1.82, 2.24) is 5.32 Å². The smallest absolute Gasteiger partial charge is 0.0832 e. The van der Waals surface area contributed by atoms with E-state index in [0.717, 1.165) is 12.0 Å². The van der Waals surface area contributed by atoms with Crippen LogP contribution >= 0.6 is 0 Å². The van der Waals surface area contributed by atoms with Gasteiger partial charge in [-0.2, -0.15) is 0 Å². The highest BCUT2D eigenvalue weighted by atomic mass is 16.3. The van der Waals surface area contributed by atoms with Crippen molar-refractivity contribution in [3.8, 4) is 0 Å². The van der Waals surface area contributed by atoms with Crippen LogP contribution in [-0.2, 0) is 0 Å². The molecule has 3 N–H and O–H groups in total. The molecule has 0 aliphatic heterocycles. The van der Waals surface area contributed by atoms with Crippen LogP contribution in [0.5, 0.6) is 0 Å². The molecule has 0 amide bonds. The molecule has 4 nitrogen and oxygen atoms in total. The number of nitrogens with one attached hydrogen (secondary N) is 2. The first-order valence-corrected chi connectivity index (χ1v) is 4.66. The van der Waals surface area contributed by atoms with Gasteiger partial charge in [-0.25, -0.2) is 0 Å². The van der Waals surface area contributed by atoms with Gasteiger partial charge in [-0.3, -0.25) is 10.4 Å². The van der Waals surface area contributed by atoms with Crippen LogP contribution in [0, 0.1) is 5.41 Å². The van der Waals surface area contributed by atoms with E-state index >= 15 is 0 Å². The van der Waals surface area contributed by atoms with Crippen LogP contribution < -0.4 is 5.32 Å². The van der Waals surface area contributed by atoms with Gasteiger partial charge in [0.25, 0.3) is 0 Å². The first kappa shape index (κ1) is 12.8. The van der Waals surface area contributed by atoms with E-state index in [0.29, 0.717) is 13.0 Å². The quantitative estimate of drug-likeness (QED) is 0.444. The molecule has 1 atom stereocenters. The van der Waals surface area contributed by atoms with Gasteiger partial charge >= 0.3 is 0 Å². The van der Waals surface area contributed by atoms with Crippen LogP contribution in [0.2, 0.25) is 0 Å². The maximum absolute atomic E-state index is 9.61. The molecule has 0 saturated heterocycles. The van der Waals surface area contributed by atoms with Crippen molar-refractivity contribution in [3.05, 3.63) is 11.8 Å². The van der Waals surface area contributed by atoms with Crippen molar-refractivity contribution >= 4 is 12.6 Å². The Morgan fingerprint density at radius 3 is 2.79 bits per heavy atom. The molecule has 0 aromatic heterocycles. The number of aliphatic imine (C=N–C) groups is 1. The summed E-state index contributed by atoms with van der Waals surface area (Å²) in [5.41, 5.74) is 0.132. The second kappa shape index (κ2) is 6.32. The number of aliphatic hydroxyl groups is 1. The molecule has 0 aromatic carbocycles. The zero-order valence-electron chi connectivity index (χ0n) is 9.04. The minimum absolute atomic E-state index is 0.401. The van der Waals surface area contributed by atoms with Crippen molar-refractivity contribution < 1.29 is 5.11 Å². The fourth-order valence-corrected chi connectivity index (χ4v) is 0.688. The van der Waals surface area contributed by atoms with Gasteiger partial charge in [-0.05, 0) is 26.3 Å². The zero-order chi connectivity index (χ0) is 11.0. The highest BCUT2D eigenvalue weighted by molar-refractivity contribution is 5.73. The largest absolute Gasteiger partial charge is 0.388 e. The van der Waals surface area contributed by atoms with E-state index in [4.69, 9.17) is 5.41 Å². The van der Waals surface area contributed by atoms with Gasteiger partial charge in [0.2, 0.25) is 0 Å². The Balaban J connectivity index is 3.95. The lowest BCUT2D eigenvalue weighted by molar-refractivity contribution is 0.0659. The minimum Gasteiger partial charge on any atom is -0.388 e. The summed E-state index contributed by atoms with van der Waals surface area (Å²) in [4.78, 5) is 4.07. The van der Waals surface area contributed by atoms with Gasteiger partial charge < -0.3 is 10.4 Å². The van der Waals surface area contributed by atoms with Crippen molar-refractivity contribution in [2.24, 2.45) is 4.99 Å². The van der Waals surface area contributed by atoms with Crippen molar-refractivity contribution in [3.63, 3.8) is 0 Å². The average molecular weight is 197 g/mol. The lowest BCUT2D eigenvalue weighted by atomic mass is 10.1. The fraction of sp³-hybridized carbons (Fsp3) is 0.600. The summed E-state index contributed by atoms with van der Waals surface area (Å²) >= 11 is 0. The molecular weight excluding hydrogens is 178 g/mol. The van der Waals surface area contributed by atoms with Crippen molar-refractivity contribution in [2.75, 3.05) is 6.54 Å². The first-order chi connectivity index (χ1) is 6.52. The molecule has 0 aliphatic carbocycles. The Morgan fingerprint density at radius 2 is 2.29 bits per heavy atom. The van der Waals surface area contributed by atoms with Gasteiger partial charge in [0.1, 0.15) is 0 Å². The number of hydrogen-bond donors (Lipinski definition) is 3. The van der Waals surface area contributed by atoms with Crippen LogP contribution in [0.1, 0.15) is 27.2 Å². The van der Waals surface area contributed by atoms with Crippen LogP contribution in [0.4, 0.5) is 0 Å². The normalized spacial score (nSPS) is 16.7. The van der Waals surface area contributed by atoms with Gasteiger partial charge in [0.05, 0.1) is 18.5 Å². The summed E-state index contributed by atoms with van der Waals surface area (Å²) in [5.74, 6) is 0. The zero-order valence-corrected chi connectivity index (χ0v) is 9.04. The van der Waals surface area contributed by atoms with E-state index in [-0.39, 0.29) is 0 Å². The monoisotopic (exact) mass is 197 g/mol. The molecule has 0 fully saturated rings. The van der Waals surface area contributed by atoms with Crippen molar-refractivity contribution in [1.29, 1.82) is 5.41 Å². The van der Waals surface area contributed by atoms with Crippen LogP contribution in [0.25, 0.3) is 0 Å². The van der Waals surface area contributed by atoms with Crippen molar-refractivity contribution in [2.45, 2.75) is 32.8 Å². The van der Waals surface area contributed by atoms with E-state index in [2.05, 4.69) is 10.3 Å². The van der Waals surface area contributed by atoms with Crippen LogP contribution in [0.3, 0.4) is 0 Å². The Labute approximate surface area is 85.3 Å². The Kier molecular flexibility index (Phi) is 5.79. The summed E-state index contributed by atoms with van der Waals surface area (Å²) < 4.78 is 0. The molecule has 0 spiro atoms. The second-order valence-electron chi connectivity index (χ2n) is 3.48. The number of nitrogens with zero attached hydrogens (tertiary/aromatic N) is 1. The van der Waals surface area contributed by atoms with Gasteiger partial charge in [-0.1, -0.05) is 6.92 Å². The molecule has 0 saturated carbocycles. The second-order valence-corrected chi connectivity index (χ2v) is 3.48. The highest BCUT2D eigenvalue weighted by Gasteiger charge is 2.15. The average Bonchev–Trinajstić information content (AvgIpc) is 2.13. The minimum atomic E-state index is -0.715. The molecule has 1 unspecified atom stereocenters. The lowest BCUT2D eigenvalue weighted by Gasteiger charge is -2.17. The predicted octanol–water partition coefficient (Wildman–Crippen LogP) is 1.32. The molecule has 0 bridgehead atoms. The summed E-state index contributed by atoms with van der Waals surface area (Å²) in [7, 11) is 0. The summed E-state index contributed by atoms with van der Waals surface area (Å²) in [5, 5.41) is 19.1. The number of hydrogen-bond acceptors (Lipinski definition) is 3. The standard InChI is InChI=1S/C10H19N3O/c1-4-10(3,14)7-12-6-5-9(2)13-8-11/h5-6,8,14H,4,7H2,1-3H3,(H2,11,13). The maximum atomic E-state index is 9.61. The molecule has 0 radical (unpaired) electrons. The van der Waals surface area contributed by atoms with E-state index in [1.807, 2.05) is 13.8 Å². The van der Waals surface area contributed by atoms with Crippen LogP contribution in [-0.4, -0.2) is 29.8 Å². The van der Waals surface area contributed by atoms with Gasteiger partial charge in [0.15, 0.2) is 0 Å². The lowest BCUT2D eigenvalue weighted by Crippen LogP contribution is -2.26. The summed E-state index contributed by atoms with van der Waals surface area (Å²) in [6, 6.07) is 0. The summed E-state index contributed by atoms with van der Waals surface area (Å²) in [6.07, 6.45) is 5.19. The highest BCUT2D eigenvalue weighted by Crippen LogP contribution is 2.07. The Hall–Kier alpha value is -1.16. The molecular formula is C10H19N3O. The SMILES string of the molecule is CCC(C)(O)CN=CC=C(C)NC=N. The van der Waals surface area contributed by atoms with E-state index < -0.39 is 5.60 Å². The van der Waals surface area contributed by atoms with Gasteiger partial charge in [-0.15, -0.1) is 0 Å². The third kappa shape index (κ3) is 6.37. The van der Waals surface area contributed by atoms with Gasteiger partial charge in [0, 0.05) is 11.9 Å². The predicted molar refractivity (Wildman–Crippen MR) is 60.0 cm³/mol. The summed E-state index contributed by atoms with van der Waals surface area (Å²) in [6.45, 7) is 5.93. The molecule has 0 aliphatic rings. The third-order valence-corrected chi connectivity index (χ3v) is 1.92. The molecule has 0 rings (SSSR count). The van der Waals surface area contributed by atoms with Crippen LogP contribution in [0.15, 0.2) is 16.8 Å². The van der Waals surface area contributed by atoms with E-state index in [1.54, 1.807) is 19.2 Å². The third-order valence-electron chi connectivity index (χ3n) is 1.92. The van der Waals surface area contributed by atoms with E-state index in [9.17, 15) is 5.11 Å². The Morgan fingerprint density at radius 1 is 1.64 bits per heavy atom. The maximum Gasteiger partial charge on any atom is 0.0832 e. The molecule has 14 heavy (non-hydrogen) atoms. The fourth-order valence-electron chi connectivity index (χ4n) is 0.688. The molecule has 4 heteroatoms. The Bertz CT molecular complexity index is 232. The number of allylic oxidation sites excluding steroid dienone is 2. The number of rotatable bonds is 6. The molecule has 0 heterocycles. The first-order valence-electron chi connectivity index (χ1n) is 4.66. The molecule has 0 aromatic rings.